The maximum Gasteiger partial charge on any atom is -0.00741 e. The van der Waals surface area contributed by atoms with E-state index in [0.717, 1.165) is 31.2 Å². The summed E-state index contributed by atoms with van der Waals surface area (Å²) in [4.78, 5) is 0. The number of rotatable bonds is 4. The second kappa shape index (κ2) is 6.76. The van der Waals surface area contributed by atoms with Crippen LogP contribution in [0.3, 0.4) is 0 Å². The SMILES string of the molecule is CC(C)(C)C1CCC(c2ccc(CCCN)cc2)CC1. The van der Waals surface area contributed by atoms with Crippen LogP contribution in [0.25, 0.3) is 0 Å². The molecule has 1 saturated carbocycles. The molecule has 2 N–H and O–H groups in total. The molecule has 0 heterocycles. The van der Waals surface area contributed by atoms with Crippen molar-refractivity contribution in [2.24, 2.45) is 17.1 Å². The molecule has 1 aromatic carbocycles. The van der Waals surface area contributed by atoms with Crippen LogP contribution >= 0.6 is 0 Å². The molecule has 1 fully saturated rings. The van der Waals surface area contributed by atoms with Crippen molar-refractivity contribution >= 4 is 0 Å². The van der Waals surface area contributed by atoms with E-state index in [1.54, 1.807) is 5.56 Å². The van der Waals surface area contributed by atoms with Crippen molar-refractivity contribution < 1.29 is 0 Å². The average molecular weight is 273 g/mol. The van der Waals surface area contributed by atoms with Gasteiger partial charge in [0.15, 0.2) is 0 Å². The Labute approximate surface area is 125 Å². The van der Waals surface area contributed by atoms with E-state index in [-0.39, 0.29) is 0 Å². The van der Waals surface area contributed by atoms with Crippen LogP contribution < -0.4 is 5.73 Å². The summed E-state index contributed by atoms with van der Waals surface area (Å²) in [6.45, 7) is 7.97. The average Bonchev–Trinajstić information content (AvgIpc) is 2.45. The Bertz CT molecular complexity index is 391. The van der Waals surface area contributed by atoms with E-state index in [2.05, 4.69) is 45.0 Å². The molecule has 2 rings (SSSR count). The fraction of sp³-hybridized carbons (Fsp3) is 0.684. The predicted octanol–water partition coefficient (Wildman–Crippen LogP) is 4.90. The van der Waals surface area contributed by atoms with Crippen LogP contribution in [0.4, 0.5) is 0 Å². The van der Waals surface area contributed by atoms with Gasteiger partial charge in [-0.25, -0.2) is 0 Å². The highest BCUT2D eigenvalue weighted by atomic mass is 14.5. The van der Waals surface area contributed by atoms with Gasteiger partial charge in [0.05, 0.1) is 0 Å². The number of benzene rings is 1. The highest BCUT2D eigenvalue weighted by Gasteiger charge is 2.30. The third-order valence-corrected chi connectivity index (χ3v) is 5.07. The highest BCUT2D eigenvalue weighted by molar-refractivity contribution is 5.26. The van der Waals surface area contributed by atoms with Crippen LogP contribution in [0.2, 0.25) is 0 Å². The fourth-order valence-electron chi connectivity index (χ4n) is 3.56. The monoisotopic (exact) mass is 273 g/mol. The van der Waals surface area contributed by atoms with Crippen molar-refractivity contribution in [1.82, 2.24) is 0 Å². The topological polar surface area (TPSA) is 26.0 Å². The summed E-state index contributed by atoms with van der Waals surface area (Å²) in [5, 5.41) is 0. The molecular weight excluding hydrogens is 242 g/mol. The molecule has 0 radical (unpaired) electrons. The van der Waals surface area contributed by atoms with Gasteiger partial charge in [-0.3, -0.25) is 0 Å². The van der Waals surface area contributed by atoms with E-state index in [9.17, 15) is 0 Å². The maximum atomic E-state index is 5.57. The third-order valence-electron chi connectivity index (χ3n) is 5.07. The molecule has 1 aromatic rings. The normalized spacial score (nSPS) is 23.8. The van der Waals surface area contributed by atoms with Gasteiger partial charge < -0.3 is 5.73 Å². The maximum absolute atomic E-state index is 5.57. The standard InChI is InChI=1S/C19H31N/c1-19(2,3)18-12-10-17(11-13-18)16-8-6-15(7-9-16)5-4-14-20/h6-9,17-18H,4-5,10-14,20H2,1-3H3. The van der Waals surface area contributed by atoms with Crippen molar-refractivity contribution in [3.05, 3.63) is 35.4 Å². The molecule has 1 heteroatoms. The zero-order valence-electron chi connectivity index (χ0n) is 13.5. The molecule has 0 saturated heterocycles. The molecule has 20 heavy (non-hydrogen) atoms. The number of hydrogen-bond acceptors (Lipinski definition) is 1. The van der Waals surface area contributed by atoms with Gasteiger partial charge in [0.2, 0.25) is 0 Å². The summed E-state index contributed by atoms with van der Waals surface area (Å²) in [6, 6.07) is 9.32. The van der Waals surface area contributed by atoms with Crippen LogP contribution in [0.5, 0.6) is 0 Å². The van der Waals surface area contributed by atoms with E-state index in [1.165, 1.54) is 31.2 Å². The first-order valence-electron chi connectivity index (χ1n) is 8.29. The Morgan fingerprint density at radius 1 is 1.00 bits per heavy atom. The summed E-state index contributed by atoms with van der Waals surface area (Å²) in [5.74, 6) is 1.69. The minimum absolute atomic E-state index is 0.483. The van der Waals surface area contributed by atoms with E-state index >= 15 is 0 Å². The van der Waals surface area contributed by atoms with Crippen molar-refractivity contribution in [3.8, 4) is 0 Å². The Morgan fingerprint density at radius 2 is 1.60 bits per heavy atom. The first kappa shape index (κ1) is 15.6. The van der Waals surface area contributed by atoms with Gasteiger partial charge in [0.25, 0.3) is 0 Å². The molecule has 0 unspecified atom stereocenters. The van der Waals surface area contributed by atoms with Crippen molar-refractivity contribution in [1.29, 1.82) is 0 Å². The van der Waals surface area contributed by atoms with Crippen LogP contribution in [-0.4, -0.2) is 6.54 Å². The molecule has 0 bridgehead atoms. The fourth-order valence-corrected chi connectivity index (χ4v) is 3.56. The molecule has 1 aliphatic carbocycles. The van der Waals surface area contributed by atoms with Crippen LogP contribution in [0.15, 0.2) is 24.3 Å². The summed E-state index contributed by atoms with van der Waals surface area (Å²) in [7, 11) is 0. The van der Waals surface area contributed by atoms with Crippen LogP contribution in [-0.2, 0) is 6.42 Å². The van der Waals surface area contributed by atoms with E-state index in [0.29, 0.717) is 5.41 Å². The Balaban J connectivity index is 1.90. The molecular formula is C19H31N. The molecule has 1 nitrogen and oxygen atoms in total. The van der Waals surface area contributed by atoms with Gasteiger partial charge in [-0.15, -0.1) is 0 Å². The molecule has 112 valence electrons. The summed E-state index contributed by atoms with van der Waals surface area (Å²) >= 11 is 0. The summed E-state index contributed by atoms with van der Waals surface area (Å²) in [5.41, 5.74) is 9.04. The number of hydrogen-bond donors (Lipinski definition) is 1. The lowest BCUT2D eigenvalue weighted by Crippen LogP contribution is -2.25. The highest BCUT2D eigenvalue weighted by Crippen LogP contribution is 2.43. The van der Waals surface area contributed by atoms with Gasteiger partial charge in [-0.1, -0.05) is 45.0 Å². The van der Waals surface area contributed by atoms with Crippen molar-refractivity contribution in [2.75, 3.05) is 6.54 Å². The second-order valence-corrected chi connectivity index (χ2v) is 7.55. The van der Waals surface area contributed by atoms with E-state index < -0.39 is 0 Å². The smallest absolute Gasteiger partial charge is 0.00741 e. The van der Waals surface area contributed by atoms with Gasteiger partial charge >= 0.3 is 0 Å². The lowest BCUT2D eigenvalue weighted by atomic mass is 9.68. The second-order valence-electron chi connectivity index (χ2n) is 7.55. The lowest BCUT2D eigenvalue weighted by molar-refractivity contribution is 0.169. The minimum atomic E-state index is 0.483. The third kappa shape index (κ3) is 4.09. The lowest BCUT2D eigenvalue weighted by Gasteiger charge is -2.37. The van der Waals surface area contributed by atoms with Crippen LogP contribution in [0, 0.1) is 11.3 Å². The van der Waals surface area contributed by atoms with Crippen molar-refractivity contribution in [3.63, 3.8) is 0 Å². The Morgan fingerprint density at radius 3 is 2.10 bits per heavy atom. The van der Waals surface area contributed by atoms with E-state index in [4.69, 9.17) is 5.73 Å². The first-order valence-corrected chi connectivity index (χ1v) is 8.29. The largest absolute Gasteiger partial charge is 0.330 e. The summed E-state index contributed by atoms with van der Waals surface area (Å²) < 4.78 is 0. The molecule has 0 aromatic heterocycles. The van der Waals surface area contributed by atoms with Crippen molar-refractivity contribution in [2.45, 2.75) is 65.2 Å². The van der Waals surface area contributed by atoms with Gasteiger partial charge in [0.1, 0.15) is 0 Å². The molecule has 1 aliphatic rings. The Kier molecular flexibility index (Phi) is 5.26. The quantitative estimate of drug-likeness (QED) is 0.829. The minimum Gasteiger partial charge on any atom is -0.330 e. The molecule has 0 spiro atoms. The van der Waals surface area contributed by atoms with Gasteiger partial charge in [-0.2, -0.15) is 0 Å². The molecule has 0 aliphatic heterocycles. The van der Waals surface area contributed by atoms with Gasteiger partial charge in [-0.05, 0) is 73.4 Å². The molecule has 0 amide bonds. The predicted molar refractivity (Wildman–Crippen MR) is 88.0 cm³/mol. The van der Waals surface area contributed by atoms with Gasteiger partial charge in [0, 0.05) is 0 Å². The number of aryl methyl sites for hydroxylation is 1. The van der Waals surface area contributed by atoms with E-state index in [1.807, 2.05) is 0 Å². The number of nitrogens with two attached hydrogens (primary N) is 1. The first-order chi connectivity index (χ1) is 9.50. The molecule has 0 atom stereocenters. The Hall–Kier alpha value is -0.820. The zero-order valence-corrected chi connectivity index (χ0v) is 13.5. The van der Waals surface area contributed by atoms with Crippen LogP contribution in [0.1, 0.15) is 69.9 Å². The zero-order chi connectivity index (χ0) is 14.6. The summed E-state index contributed by atoms with van der Waals surface area (Å²) in [6.07, 6.45) is 7.73.